The van der Waals surface area contributed by atoms with E-state index in [9.17, 15) is 14.7 Å². The van der Waals surface area contributed by atoms with Gasteiger partial charge >= 0.3 is 0 Å². The highest BCUT2D eigenvalue weighted by atomic mass is 16.5. The number of hydrogen-bond acceptors (Lipinski definition) is 6. The predicted molar refractivity (Wildman–Crippen MR) is 141 cm³/mol. The third kappa shape index (κ3) is 5.45. The Bertz CT molecular complexity index is 1300. The van der Waals surface area contributed by atoms with Gasteiger partial charge in [-0.2, -0.15) is 0 Å². The molecule has 0 aromatic heterocycles. The van der Waals surface area contributed by atoms with Gasteiger partial charge in [0.2, 0.25) is 0 Å². The van der Waals surface area contributed by atoms with Crippen molar-refractivity contribution >= 4 is 17.4 Å². The summed E-state index contributed by atoms with van der Waals surface area (Å²) in [5.74, 6) is -0.105. The summed E-state index contributed by atoms with van der Waals surface area (Å²) in [6.07, 6.45) is 1.90. The molecule has 1 amide bonds. The summed E-state index contributed by atoms with van der Waals surface area (Å²) in [7, 11) is 3.07. The van der Waals surface area contributed by atoms with Crippen molar-refractivity contribution in [3.05, 3.63) is 95.1 Å². The van der Waals surface area contributed by atoms with E-state index >= 15 is 0 Å². The molecule has 1 heterocycles. The zero-order valence-corrected chi connectivity index (χ0v) is 21.3. The predicted octanol–water partition coefficient (Wildman–Crippen LogP) is 5.50. The summed E-state index contributed by atoms with van der Waals surface area (Å²) >= 11 is 0. The molecule has 37 heavy (non-hydrogen) atoms. The topological polar surface area (TPSA) is 85.3 Å². The van der Waals surface area contributed by atoms with Crippen LogP contribution in [0.5, 0.6) is 17.2 Å². The van der Waals surface area contributed by atoms with Crippen LogP contribution in [-0.2, 0) is 16.1 Å². The van der Waals surface area contributed by atoms with Crippen LogP contribution in [0.3, 0.4) is 0 Å². The van der Waals surface area contributed by atoms with E-state index in [-0.39, 0.29) is 17.9 Å². The highest BCUT2D eigenvalue weighted by Crippen LogP contribution is 2.43. The average molecular weight is 502 g/mol. The normalized spacial score (nSPS) is 16.6. The molecular weight excluding hydrogens is 470 g/mol. The van der Waals surface area contributed by atoms with Gasteiger partial charge in [0.05, 0.1) is 32.4 Å². The first-order valence-corrected chi connectivity index (χ1v) is 12.3. The molecule has 1 aliphatic rings. The van der Waals surface area contributed by atoms with Gasteiger partial charge in [0.25, 0.3) is 11.7 Å². The molecule has 1 atom stereocenters. The van der Waals surface area contributed by atoms with E-state index in [2.05, 4.69) is 6.92 Å². The lowest BCUT2D eigenvalue weighted by Crippen LogP contribution is -2.29. The molecule has 1 fully saturated rings. The second kappa shape index (κ2) is 11.6. The zero-order valence-electron chi connectivity index (χ0n) is 21.3. The minimum Gasteiger partial charge on any atom is -0.507 e. The number of aliphatic hydroxyl groups excluding tert-OH is 1. The van der Waals surface area contributed by atoms with E-state index in [1.165, 1.54) is 12.0 Å². The Balaban J connectivity index is 1.84. The highest BCUT2D eigenvalue weighted by molar-refractivity contribution is 6.46. The summed E-state index contributed by atoms with van der Waals surface area (Å²) in [6, 6.07) is 20.7. The molecule has 7 heteroatoms. The van der Waals surface area contributed by atoms with Crippen LogP contribution in [0.2, 0.25) is 0 Å². The standard InChI is InChI=1S/C30H31NO6/c1-4-5-16-37-24-15-14-21(18-25(24)36-3)27-26(28(32)22-12-9-13-23(17-22)35-2)29(33)30(34)31(27)19-20-10-7-6-8-11-20/h6-15,17-18,27,32H,4-5,16,19H2,1-3H3/b28-26+. The number of ketones is 1. The molecular formula is C30H31NO6. The van der Waals surface area contributed by atoms with E-state index in [0.29, 0.717) is 35.0 Å². The quantitative estimate of drug-likeness (QED) is 0.171. The second-order valence-electron chi connectivity index (χ2n) is 8.76. The first-order chi connectivity index (χ1) is 18.0. The lowest BCUT2D eigenvalue weighted by Gasteiger charge is -2.26. The van der Waals surface area contributed by atoms with Crippen molar-refractivity contribution < 1.29 is 28.9 Å². The molecule has 1 aliphatic heterocycles. The number of carbonyl (C=O) groups is 2. The van der Waals surface area contributed by atoms with Crippen molar-refractivity contribution in [3.8, 4) is 17.2 Å². The largest absolute Gasteiger partial charge is 0.507 e. The van der Waals surface area contributed by atoms with Gasteiger partial charge in [-0.15, -0.1) is 0 Å². The van der Waals surface area contributed by atoms with Gasteiger partial charge in [-0.1, -0.05) is 61.9 Å². The van der Waals surface area contributed by atoms with Crippen molar-refractivity contribution in [2.75, 3.05) is 20.8 Å². The van der Waals surface area contributed by atoms with Gasteiger partial charge in [-0.3, -0.25) is 9.59 Å². The Morgan fingerprint density at radius 1 is 0.919 bits per heavy atom. The van der Waals surface area contributed by atoms with Crippen LogP contribution in [0.4, 0.5) is 0 Å². The van der Waals surface area contributed by atoms with Crippen LogP contribution in [0, 0.1) is 0 Å². The van der Waals surface area contributed by atoms with Gasteiger partial charge in [-0.25, -0.2) is 0 Å². The molecule has 3 aromatic rings. The molecule has 1 N–H and O–H groups in total. The van der Waals surface area contributed by atoms with Gasteiger partial charge < -0.3 is 24.2 Å². The number of methoxy groups -OCH3 is 2. The summed E-state index contributed by atoms with van der Waals surface area (Å²) in [5, 5.41) is 11.3. The smallest absolute Gasteiger partial charge is 0.295 e. The number of Topliss-reactive ketones (excluding diaryl/α,β-unsaturated/α-hetero) is 1. The molecule has 4 rings (SSSR count). The van der Waals surface area contributed by atoms with Crippen molar-refractivity contribution in [2.45, 2.75) is 32.4 Å². The fourth-order valence-electron chi connectivity index (χ4n) is 4.40. The molecule has 192 valence electrons. The van der Waals surface area contributed by atoms with Crippen LogP contribution < -0.4 is 14.2 Å². The summed E-state index contributed by atoms with van der Waals surface area (Å²) in [5.41, 5.74) is 1.88. The number of likely N-dealkylation sites (tertiary alicyclic amines) is 1. The van der Waals surface area contributed by atoms with Gasteiger partial charge in [0.15, 0.2) is 11.5 Å². The fraction of sp³-hybridized carbons (Fsp3) is 0.267. The monoisotopic (exact) mass is 501 g/mol. The first kappa shape index (κ1) is 25.8. The molecule has 7 nitrogen and oxygen atoms in total. The Labute approximate surface area is 216 Å². The second-order valence-corrected chi connectivity index (χ2v) is 8.76. The van der Waals surface area contributed by atoms with Crippen LogP contribution >= 0.6 is 0 Å². The third-order valence-corrected chi connectivity index (χ3v) is 6.34. The maximum absolute atomic E-state index is 13.4. The molecule has 0 saturated carbocycles. The maximum atomic E-state index is 13.4. The molecule has 0 spiro atoms. The van der Waals surface area contributed by atoms with Crippen LogP contribution in [-0.4, -0.2) is 42.5 Å². The summed E-state index contributed by atoms with van der Waals surface area (Å²) < 4.78 is 16.7. The van der Waals surface area contributed by atoms with Crippen molar-refractivity contribution in [3.63, 3.8) is 0 Å². The van der Waals surface area contributed by atoms with E-state index in [4.69, 9.17) is 14.2 Å². The maximum Gasteiger partial charge on any atom is 0.295 e. The summed E-state index contributed by atoms with van der Waals surface area (Å²) in [6.45, 7) is 2.83. The first-order valence-electron chi connectivity index (χ1n) is 12.3. The van der Waals surface area contributed by atoms with Crippen LogP contribution in [0.15, 0.2) is 78.4 Å². The SMILES string of the molecule is CCCCOc1ccc(C2/C(=C(\O)c3cccc(OC)c3)C(=O)C(=O)N2Cc2ccccc2)cc1OC. The number of benzene rings is 3. The molecule has 1 saturated heterocycles. The Morgan fingerprint density at radius 2 is 1.70 bits per heavy atom. The molecule has 0 aliphatic carbocycles. The van der Waals surface area contributed by atoms with E-state index in [1.807, 2.05) is 30.3 Å². The van der Waals surface area contributed by atoms with Crippen molar-refractivity contribution in [2.24, 2.45) is 0 Å². The number of carbonyl (C=O) groups excluding carboxylic acids is 2. The lowest BCUT2D eigenvalue weighted by molar-refractivity contribution is -0.140. The number of aliphatic hydroxyl groups is 1. The zero-order chi connectivity index (χ0) is 26.4. The van der Waals surface area contributed by atoms with Crippen molar-refractivity contribution in [1.29, 1.82) is 0 Å². The lowest BCUT2D eigenvalue weighted by atomic mass is 9.94. The van der Waals surface area contributed by atoms with E-state index in [1.54, 1.807) is 49.6 Å². The number of unbranched alkanes of at least 4 members (excludes halogenated alkanes) is 1. The van der Waals surface area contributed by atoms with Crippen LogP contribution in [0.25, 0.3) is 5.76 Å². The number of hydrogen-bond donors (Lipinski definition) is 1. The van der Waals surface area contributed by atoms with E-state index < -0.39 is 17.7 Å². The summed E-state index contributed by atoms with van der Waals surface area (Å²) in [4.78, 5) is 28.1. The third-order valence-electron chi connectivity index (χ3n) is 6.34. The average Bonchev–Trinajstić information content (AvgIpc) is 3.18. The minimum atomic E-state index is -0.829. The fourth-order valence-corrected chi connectivity index (χ4v) is 4.40. The minimum absolute atomic E-state index is 0.0101. The van der Waals surface area contributed by atoms with Gasteiger partial charge in [-0.05, 0) is 41.8 Å². The van der Waals surface area contributed by atoms with Crippen LogP contribution in [0.1, 0.15) is 42.5 Å². The number of nitrogens with zero attached hydrogens (tertiary/aromatic N) is 1. The number of ether oxygens (including phenoxy) is 3. The van der Waals surface area contributed by atoms with Gasteiger partial charge in [0, 0.05) is 12.1 Å². The Hall–Kier alpha value is -4.26. The molecule has 1 unspecified atom stereocenters. The van der Waals surface area contributed by atoms with Gasteiger partial charge in [0.1, 0.15) is 11.5 Å². The van der Waals surface area contributed by atoms with E-state index in [0.717, 1.165) is 18.4 Å². The molecule has 3 aromatic carbocycles. The number of amides is 1. The number of rotatable bonds is 10. The Kier molecular flexibility index (Phi) is 8.13. The van der Waals surface area contributed by atoms with Crippen molar-refractivity contribution in [1.82, 2.24) is 4.90 Å². The highest BCUT2D eigenvalue weighted by Gasteiger charge is 2.46. The molecule has 0 radical (unpaired) electrons. The Morgan fingerprint density at radius 3 is 2.41 bits per heavy atom. The molecule has 0 bridgehead atoms.